The van der Waals surface area contributed by atoms with E-state index in [-0.39, 0.29) is 18.0 Å². The van der Waals surface area contributed by atoms with Gasteiger partial charge in [-0.1, -0.05) is 29.8 Å². The van der Waals surface area contributed by atoms with Crippen molar-refractivity contribution in [1.29, 1.82) is 0 Å². The van der Waals surface area contributed by atoms with E-state index in [0.717, 1.165) is 11.6 Å². The molecule has 2 aromatic carbocycles. The summed E-state index contributed by atoms with van der Waals surface area (Å²) < 4.78 is 26.4. The van der Waals surface area contributed by atoms with Gasteiger partial charge in [-0.25, -0.2) is 8.78 Å². The maximum absolute atomic E-state index is 13.4. The van der Waals surface area contributed by atoms with Crippen LogP contribution >= 0.6 is 11.6 Å². The SMILES string of the molecule is O=C(CCc1cccc(Cl)c1)Nc1cccc(F)c1F. The molecule has 0 atom stereocenters. The number of anilines is 1. The molecule has 0 aromatic heterocycles. The topological polar surface area (TPSA) is 29.1 Å². The first-order valence-corrected chi connectivity index (χ1v) is 6.42. The standard InChI is InChI=1S/C15H12ClF2NO/c16-11-4-1-3-10(9-11)7-8-14(20)19-13-6-2-5-12(17)15(13)18/h1-6,9H,7-8H2,(H,19,20). The molecule has 0 radical (unpaired) electrons. The molecular weight excluding hydrogens is 284 g/mol. The highest BCUT2D eigenvalue weighted by molar-refractivity contribution is 6.30. The summed E-state index contributed by atoms with van der Waals surface area (Å²) in [5.74, 6) is -2.42. The molecule has 0 fully saturated rings. The van der Waals surface area contributed by atoms with E-state index in [2.05, 4.69) is 5.32 Å². The summed E-state index contributed by atoms with van der Waals surface area (Å²) in [5, 5.41) is 2.95. The van der Waals surface area contributed by atoms with Crippen molar-refractivity contribution in [3.05, 3.63) is 64.7 Å². The van der Waals surface area contributed by atoms with Crippen molar-refractivity contribution in [1.82, 2.24) is 0 Å². The quantitative estimate of drug-likeness (QED) is 0.900. The largest absolute Gasteiger partial charge is 0.323 e. The molecule has 104 valence electrons. The Morgan fingerprint density at radius 3 is 2.65 bits per heavy atom. The Morgan fingerprint density at radius 2 is 1.90 bits per heavy atom. The third kappa shape index (κ3) is 3.78. The molecule has 0 aliphatic carbocycles. The van der Waals surface area contributed by atoms with Crippen molar-refractivity contribution >= 4 is 23.2 Å². The fourth-order valence-corrected chi connectivity index (χ4v) is 1.98. The van der Waals surface area contributed by atoms with Gasteiger partial charge in [-0.05, 0) is 36.2 Å². The van der Waals surface area contributed by atoms with Crippen LogP contribution in [0.2, 0.25) is 5.02 Å². The van der Waals surface area contributed by atoms with Crippen LogP contribution in [0, 0.1) is 11.6 Å². The summed E-state index contributed by atoms with van der Waals surface area (Å²) in [7, 11) is 0. The number of hydrogen-bond acceptors (Lipinski definition) is 1. The second kappa shape index (κ2) is 6.48. The van der Waals surface area contributed by atoms with Crippen LogP contribution in [0.5, 0.6) is 0 Å². The fraction of sp³-hybridized carbons (Fsp3) is 0.133. The number of halogens is 3. The highest BCUT2D eigenvalue weighted by Gasteiger charge is 2.10. The Kier molecular flexibility index (Phi) is 4.69. The van der Waals surface area contributed by atoms with Gasteiger partial charge in [-0.3, -0.25) is 4.79 Å². The lowest BCUT2D eigenvalue weighted by molar-refractivity contribution is -0.116. The third-order valence-electron chi connectivity index (χ3n) is 2.76. The van der Waals surface area contributed by atoms with Gasteiger partial charge in [0.25, 0.3) is 0 Å². The molecule has 0 saturated carbocycles. The molecule has 0 heterocycles. The minimum atomic E-state index is -1.05. The van der Waals surface area contributed by atoms with Gasteiger partial charge in [0.05, 0.1) is 5.69 Å². The first-order valence-electron chi connectivity index (χ1n) is 6.04. The Labute approximate surface area is 120 Å². The first-order chi connectivity index (χ1) is 9.56. The van der Waals surface area contributed by atoms with Gasteiger partial charge < -0.3 is 5.32 Å². The summed E-state index contributed by atoms with van der Waals surface area (Å²) in [6, 6.07) is 10.8. The minimum absolute atomic E-state index is 0.152. The zero-order valence-electron chi connectivity index (χ0n) is 10.5. The summed E-state index contributed by atoms with van der Waals surface area (Å²) in [4.78, 5) is 11.7. The van der Waals surface area contributed by atoms with Gasteiger partial charge in [0.2, 0.25) is 5.91 Å². The average molecular weight is 296 g/mol. The molecule has 1 amide bonds. The predicted octanol–water partition coefficient (Wildman–Crippen LogP) is 4.19. The lowest BCUT2D eigenvalue weighted by Crippen LogP contribution is -2.13. The Hall–Kier alpha value is -1.94. The monoisotopic (exact) mass is 295 g/mol. The van der Waals surface area contributed by atoms with Gasteiger partial charge in [0, 0.05) is 11.4 Å². The van der Waals surface area contributed by atoms with Crippen LogP contribution in [0.15, 0.2) is 42.5 Å². The smallest absolute Gasteiger partial charge is 0.224 e. The van der Waals surface area contributed by atoms with E-state index < -0.39 is 11.6 Å². The van der Waals surface area contributed by atoms with Crippen LogP contribution in [0.4, 0.5) is 14.5 Å². The van der Waals surface area contributed by atoms with Crippen LogP contribution < -0.4 is 5.32 Å². The van der Waals surface area contributed by atoms with Crippen molar-refractivity contribution < 1.29 is 13.6 Å². The molecule has 0 aliphatic heterocycles. The zero-order valence-corrected chi connectivity index (χ0v) is 11.3. The normalized spacial score (nSPS) is 10.3. The molecular formula is C15H12ClF2NO. The van der Waals surface area contributed by atoms with Crippen molar-refractivity contribution in [3.63, 3.8) is 0 Å². The van der Waals surface area contributed by atoms with E-state index in [0.29, 0.717) is 11.4 Å². The molecule has 0 saturated heterocycles. The summed E-state index contributed by atoms with van der Waals surface area (Å²) >= 11 is 5.84. The van der Waals surface area contributed by atoms with Crippen LogP contribution in [-0.4, -0.2) is 5.91 Å². The number of nitrogens with one attached hydrogen (secondary N) is 1. The van der Waals surface area contributed by atoms with Crippen molar-refractivity contribution in [2.75, 3.05) is 5.32 Å². The molecule has 2 rings (SSSR count). The van der Waals surface area contributed by atoms with E-state index in [1.54, 1.807) is 18.2 Å². The molecule has 2 aromatic rings. The van der Waals surface area contributed by atoms with Crippen molar-refractivity contribution in [2.45, 2.75) is 12.8 Å². The summed E-state index contributed by atoms with van der Waals surface area (Å²) in [5.41, 5.74) is 0.758. The summed E-state index contributed by atoms with van der Waals surface area (Å²) in [6.45, 7) is 0. The van der Waals surface area contributed by atoms with Gasteiger partial charge in [-0.2, -0.15) is 0 Å². The summed E-state index contributed by atoms with van der Waals surface area (Å²) in [6.07, 6.45) is 0.639. The second-order valence-electron chi connectivity index (χ2n) is 4.28. The molecule has 2 nitrogen and oxygen atoms in total. The van der Waals surface area contributed by atoms with Gasteiger partial charge in [0.1, 0.15) is 0 Å². The van der Waals surface area contributed by atoms with Crippen LogP contribution in [0.3, 0.4) is 0 Å². The van der Waals surface area contributed by atoms with Gasteiger partial charge in [0.15, 0.2) is 11.6 Å². The molecule has 5 heteroatoms. The molecule has 1 N–H and O–H groups in total. The maximum Gasteiger partial charge on any atom is 0.224 e. The van der Waals surface area contributed by atoms with Gasteiger partial charge in [-0.15, -0.1) is 0 Å². The second-order valence-corrected chi connectivity index (χ2v) is 4.72. The molecule has 0 spiro atoms. The minimum Gasteiger partial charge on any atom is -0.323 e. The highest BCUT2D eigenvalue weighted by atomic mass is 35.5. The van der Waals surface area contributed by atoms with Crippen LogP contribution in [0.1, 0.15) is 12.0 Å². The number of hydrogen-bond donors (Lipinski definition) is 1. The van der Waals surface area contributed by atoms with Crippen LogP contribution in [-0.2, 0) is 11.2 Å². The third-order valence-corrected chi connectivity index (χ3v) is 2.99. The Bertz CT molecular complexity index is 631. The number of rotatable bonds is 4. The van der Waals surface area contributed by atoms with E-state index in [1.807, 2.05) is 6.07 Å². The molecule has 0 unspecified atom stereocenters. The molecule has 0 aliphatic rings. The number of benzene rings is 2. The number of aryl methyl sites for hydroxylation is 1. The number of carbonyl (C=O) groups excluding carboxylic acids is 1. The van der Waals surface area contributed by atoms with Gasteiger partial charge >= 0.3 is 0 Å². The number of amides is 1. The maximum atomic E-state index is 13.4. The number of carbonyl (C=O) groups is 1. The van der Waals surface area contributed by atoms with Crippen molar-refractivity contribution in [2.24, 2.45) is 0 Å². The Morgan fingerprint density at radius 1 is 1.15 bits per heavy atom. The predicted molar refractivity (Wildman–Crippen MR) is 74.8 cm³/mol. The zero-order chi connectivity index (χ0) is 14.5. The lowest BCUT2D eigenvalue weighted by atomic mass is 10.1. The highest BCUT2D eigenvalue weighted by Crippen LogP contribution is 2.17. The average Bonchev–Trinajstić information content (AvgIpc) is 2.42. The molecule has 20 heavy (non-hydrogen) atoms. The van der Waals surface area contributed by atoms with E-state index in [1.165, 1.54) is 12.1 Å². The molecule has 0 bridgehead atoms. The van der Waals surface area contributed by atoms with E-state index >= 15 is 0 Å². The lowest BCUT2D eigenvalue weighted by Gasteiger charge is -2.07. The van der Waals surface area contributed by atoms with Crippen LogP contribution in [0.25, 0.3) is 0 Å². The first kappa shape index (κ1) is 14.5. The fourth-order valence-electron chi connectivity index (χ4n) is 1.76. The van der Waals surface area contributed by atoms with E-state index in [4.69, 9.17) is 11.6 Å². The Balaban J connectivity index is 1.94. The van der Waals surface area contributed by atoms with E-state index in [9.17, 15) is 13.6 Å². The van der Waals surface area contributed by atoms with Crippen molar-refractivity contribution in [3.8, 4) is 0 Å².